The van der Waals surface area contributed by atoms with Crippen LogP contribution in [0.5, 0.6) is 0 Å². The molecule has 1 aromatic rings. The molecule has 0 saturated carbocycles. The zero-order chi connectivity index (χ0) is 10.1. The van der Waals surface area contributed by atoms with Gasteiger partial charge in [-0.2, -0.15) is 0 Å². The summed E-state index contributed by atoms with van der Waals surface area (Å²) in [6.45, 7) is 1.35. The third-order valence-electron chi connectivity index (χ3n) is 2.41. The van der Waals surface area contributed by atoms with E-state index in [4.69, 9.17) is 15.6 Å². The van der Waals surface area contributed by atoms with Crippen LogP contribution in [0.1, 0.15) is 21.8 Å². The van der Waals surface area contributed by atoms with Gasteiger partial charge < -0.3 is 15.6 Å². The van der Waals surface area contributed by atoms with Crippen molar-refractivity contribution in [3.05, 3.63) is 29.3 Å². The van der Waals surface area contributed by atoms with Crippen molar-refractivity contribution in [3.63, 3.8) is 0 Å². The molecule has 1 fully saturated rings. The Labute approximate surface area is 81.3 Å². The maximum absolute atomic E-state index is 10.6. The molecule has 4 heteroatoms. The number of rotatable bonds is 2. The smallest absolute Gasteiger partial charge is 0.335 e. The molecule has 1 saturated heterocycles. The molecule has 0 aromatic heterocycles. The minimum atomic E-state index is -0.951. The van der Waals surface area contributed by atoms with Crippen LogP contribution in [-0.4, -0.2) is 24.3 Å². The molecule has 0 aliphatic carbocycles. The van der Waals surface area contributed by atoms with Crippen LogP contribution in [0.4, 0.5) is 5.69 Å². The molecule has 0 bridgehead atoms. The summed E-state index contributed by atoms with van der Waals surface area (Å²) in [5.41, 5.74) is 7.51. The fourth-order valence-corrected chi connectivity index (χ4v) is 1.49. The number of ether oxygens (including phenoxy) is 1. The number of aromatic carboxylic acids is 1. The lowest BCUT2D eigenvalue weighted by Gasteiger charge is -2.27. The number of nitrogens with two attached hydrogens (primary N) is 1. The van der Waals surface area contributed by atoms with E-state index in [2.05, 4.69) is 0 Å². The summed E-state index contributed by atoms with van der Waals surface area (Å²) in [6.07, 6.45) is 0. The summed E-state index contributed by atoms with van der Waals surface area (Å²) in [4.78, 5) is 10.6. The highest BCUT2D eigenvalue weighted by molar-refractivity contribution is 5.89. The summed E-state index contributed by atoms with van der Waals surface area (Å²) < 4.78 is 5.05. The van der Waals surface area contributed by atoms with Crippen LogP contribution < -0.4 is 5.73 Å². The van der Waals surface area contributed by atoms with Gasteiger partial charge in [-0.15, -0.1) is 0 Å². The van der Waals surface area contributed by atoms with Gasteiger partial charge in [0, 0.05) is 11.6 Å². The molecule has 3 N–H and O–H groups in total. The van der Waals surface area contributed by atoms with E-state index >= 15 is 0 Å². The van der Waals surface area contributed by atoms with Crippen molar-refractivity contribution < 1.29 is 14.6 Å². The first-order valence-corrected chi connectivity index (χ1v) is 4.39. The van der Waals surface area contributed by atoms with E-state index in [0.29, 0.717) is 24.8 Å². The highest BCUT2D eigenvalue weighted by Crippen LogP contribution is 2.29. The van der Waals surface area contributed by atoms with Crippen LogP contribution in [0.15, 0.2) is 18.2 Å². The first-order valence-electron chi connectivity index (χ1n) is 4.39. The molecule has 1 aromatic carbocycles. The molecule has 0 amide bonds. The van der Waals surface area contributed by atoms with E-state index in [-0.39, 0.29) is 5.56 Å². The summed E-state index contributed by atoms with van der Waals surface area (Å²) >= 11 is 0. The second-order valence-electron chi connectivity index (χ2n) is 3.38. The van der Waals surface area contributed by atoms with E-state index in [1.165, 1.54) is 6.07 Å². The zero-order valence-electron chi connectivity index (χ0n) is 7.56. The largest absolute Gasteiger partial charge is 0.478 e. The van der Waals surface area contributed by atoms with Crippen LogP contribution in [-0.2, 0) is 4.74 Å². The van der Waals surface area contributed by atoms with Gasteiger partial charge in [-0.25, -0.2) is 4.79 Å². The van der Waals surface area contributed by atoms with Crippen molar-refractivity contribution in [2.75, 3.05) is 18.9 Å². The molecule has 1 aliphatic rings. The topological polar surface area (TPSA) is 72.6 Å². The van der Waals surface area contributed by atoms with Crippen molar-refractivity contribution in [1.29, 1.82) is 0 Å². The summed E-state index contributed by atoms with van der Waals surface area (Å²) in [5, 5.41) is 8.73. The Bertz CT molecular complexity index is 372. The highest BCUT2D eigenvalue weighted by Gasteiger charge is 2.22. The zero-order valence-corrected chi connectivity index (χ0v) is 7.56. The molecule has 74 valence electrons. The van der Waals surface area contributed by atoms with Gasteiger partial charge in [-0.3, -0.25) is 0 Å². The number of anilines is 1. The molecule has 1 heterocycles. The number of carbonyl (C=O) groups is 1. The Morgan fingerprint density at radius 2 is 2.21 bits per heavy atom. The summed E-state index contributed by atoms with van der Waals surface area (Å²) in [6, 6.07) is 4.84. The second kappa shape index (κ2) is 3.31. The molecule has 0 spiro atoms. The lowest BCUT2D eigenvalue weighted by Crippen LogP contribution is -2.26. The van der Waals surface area contributed by atoms with Crippen molar-refractivity contribution in [2.45, 2.75) is 5.92 Å². The average Bonchev–Trinajstić information content (AvgIpc) is 2.04. The van der Waals surface area contributed by atoms with Gasteiger partial charge in [0.1, 0.15) is 0 Å². The molecule has 4 nitrogen and oxygen atoms in total. The maximum Gasteiger partial charge on any atom is 0.335 e. The minimum absolute atomic E-state index is 0.228. The van der Waals surface area contributed by atoms with Gasteiger partial charge in [-0.1, -0.05) is 6.07 Å². The maximum atomic E-state index is 10.6. The van der Waals surface area contributed by atoms with Crippen molar-refractivity contribution in [2.24, 2.45) is 0 Å². The Hall–Kier alpha value is -1.55. The van der Waals surface area contributed by atoms with Crippen LogP contribution in [0, 0.1) is 0 Å². The molecule has 0 radical (unpaired) electrons. The van der Waals surface area contributed by atoms with Gasteiger partial charge in [0.05, 0.1) is 18.8 Å². The second-order valence-corrected chi connectivity index (χ2v) is 3.38. The monoisotopic (exact) mass is 193 g/mol. The first-order chi connectivity index (χ1) is 6.68. The number of benzene rings is 1. The molecule has 0 unspecified atom stereocenters. The van der Waals surface area contributed by atoms with Crippen LogP contribution in [0.3, 0.4) is 0 Å². The molecule has 0 atom stereocenters. The molecular formula is C10H11NO3. The lowest BCUT2D eigenvalue weighted by molar-refractivity contribution is 0.00870. The molecule has 14 heavy (non-hydrogen) atoms. The Morgan fingerprint density at radius 1 is 1.50 bits per heavy atom. The quantitative estimate of drug-likeness (QED) is 0.689. The van der Waals surface area contributed by atoms with Gasteiger partial charge in [-0.05, 0) is 17.7 Å². The van der Waals surface area contributed by atoms with E-state index in [1.807, 2.05) is 0 Å². The number of nitrogen functional groups attached to an aromatic ring is 1. The van der Waals surface area contributed by atoms with Gasteiger partial charge in [0.25, 0.3) is 0 Å². The Balaban J connectivity index is 2.30. The van der Waals surface area contributed by atoms with E-state index in [0.717, 1.165) is 5.56 Å². The van der Waals surface area contributed by atoms with Crippen molar-refractivity contribution in [3.8, 4) is 0 Å². The lowest BCUT2D eigenvalue weighted by atomic mass is 9.95. The van der Waals surface area contributed by atoms with E-state index < -0.39 is 5.97 Å². The van der Waals surface area contributed by atoms with Crippen LogP contribution in [0.25, 0.3) is 0 Å². The number of hydrogen-bond donors (Lipinski definition) is 2. The van der Waals surface area contributed by atoms with Gasteiger partial charge in [0.15, 0.2) is 0 Å². The highest BCUT2D eigenvalue weighted by atomic mass is 16.5. The normalized spacial score (nSPS) is 16.3. The van der Waals surface area contributed by atoms with E-state index in [9.17, 15) is 4.79 Å². The Kier molecular flexibility index (Phi) is 2.13. The van der Waals surface area contributed by atoms with Crippen molar-refractivity contribution in [1.82, 2.24) is 0 Å². The number of hydrogen-bond acceptors (Lipinski definition) is 3. The third-order valence-corrected chi connectivity index (χ3v) is 2.41. The van der Waals surface area contributed by atoms with Crippen LogP contribution in [0.2, 0.25) is 0 Å². The third kappa shape index (κ3) is 1.44. The van der Waals surface area contributed by atoms with Gasteiger partial charge >= 0.3 is 5.97 Å². The average molecular weight is 193 g/mol. The molecular weight excluding hydrogens is 182 g/mol. The molecule has 1 aliphatic heterocycles. The number of carboxylic acid groups (broad SMARTS) is 1. The fraction of sp³-hybridized carbons (Fsp3) is 0.300. The predicted molar refractivity (Wildman–Crippen MR) is 51.4 cm³/mol. The first kappa shape index (κ1) is 9.02. The minimum Gasteiger partial charge on any atom is -0.478 e. The summed E-state index contributed by atoms with van der Waals surface area (Å²) in [7, 11) is 0. The van der Waals surface area contributed by atoms with Gasteiger partial charge in [0.2, 0.25) is 0 Å². The summed E-state index contributed by atoms with van der Waals surface area (Å²) in [5.74, 6) is -0.619. The molecule has 2 rings (SSSR count). The SMILES string of the molecule is Nc1cc(C(=O)O)ccc1C1COC1. The number of carboxylic acids is 1. The van der Waals surface area contributed by atoms with Crippen molar-refractivity contribution >= 4 is 11.7 Å². The standard InChI is InChI=1S/C10H11NO3/c11-9-3-6(10(12)13)1-2-8(9)7-4-14-5-7/h1-3,7H,4-5,11H2,(H,12,13). The predicted octanol–water partition coefficient (Wildman–Crippen LogP) is 1.08. The van der Waals surface area contributed by atoms with E-state index in [1.54, 1.807) is 12.1 Å². The van der Waals surface area contributed by atoms with Crippen LogP contribution >= 0.6 is 0 Å². The Morgan fingerprint density at radius 3 is 2.64 bits per heavy atom. The fourth-order valence-electron chi connectivity index (χ4n) is 1.49.